The van der Waals surface area contributed by atoms with Crippen molar-refractivity contribution in [3.05, 3.63) is 24.3 Å². The molecule has 0 spiro atoms. The van der Waals surface area contributed by atoms with Gasteiger partial charge < -0.3 is 20.4 Å². The van der Waals surface area contributed by atoms with E-state index in [1.165, 1.54) is 6.42 Å². The lowest BCUT2D eigenvalue weighted by Crippen LogP contribution is -2.46. The molecule has 1 saturated carbocycles. The van der Waals surface area contributed by atoms with Crippen LogP contribution in [0.15, 0.2) is 28.7 Å². The highest BCUT2D eigenvalue weighted by atomic mass is 35.5. The Labute approximate surface area is 172 Å². The summed E-state index contributed by atoms with van der Waals surface area (Å²) in [5.41, 5.74) is 7.51. The molecular formula is C19H28Cl2N4O2. The monoisotopic (exact) mass is 414 g/mol. The average Bonchev–Trinajstić information content (AvgIpc) is 3.28. The Balaban J connectivity index is 0.00000131. The number of nitrogens with zero attached hydrogens (tertiary/aromatic N) is 2. The molecule has 4 rings (SSSR count). The minimum atomic E-state index is 0. The number of hydrogen-bond acceptors (Lipinski definition) is 5. The van der Waals surface area contributed by atoms with Gasteiger partial charge in [0.1, 0.15) is 5.52 Å². The van der Waals surface area contributed by atoms with E-state index in [1.807, 2.05) is 24.3 Å². The van der Waals surface area contributed by atoms with E-state index in [9.17, 15) is 4.79 Å². The van der Waals surface area contributed by atoms with Gasteiger partial charge in [-0.15, -0.1) is 24.8 Å². The molecule has 0 radical (unpaired) electrons. The Bertz CT molecular complexity index is 713. The number of amides is 1. The number of benzene rings is 1. The van der Waals surface area contributed by atoms with Crippen LogP contribution in [0.1, 0.15) is 32.1 Å². The van der Waals surface area contributed by atoms with E-state index in [0.717, 1.165) is 49.9 Å². The van der Waals surface area contributed by atoms with Gasteiger partial charge in [0.25, 0.3) is 6.01 Å². The molecule has 2 aromatic rings. The van der Waals surface area contributed by atoms with Gasteiger partial charge in [-0.1, -0.05) is 18.6 Å². The third kappa shape index (κ3) is 4.68. The number of nitrogens with one attached hydrogen (secondary N) is 1. The van der Waals surface area contributed by atoms with Crippen molar-refractivity contribution in [1.82, 2.24) is 10.3 Å². The molecule has 1 aliphatic carbocycles. The molecule has 1 amide bonds. The summed E-state index contributed by atoms with van der Waals surface area (Å²) in [5.74, 6) is 0.728. The first-order chi connectivity index (χ1) is 12.2. The zero-order chi connectivity index (χ0) is 17.2. The summed E-state index contributed by atoms with van der Waals surface area (Å²) >= 11 is 0. The summed E-state index contributed by atoms with van der Waals surface area (Å²) in [6.45, 7) is 2.27. The van der Waals surface area contributed by atoms with E-state index in [-0.39, 0.29) is 42.7 Å². The maximum Gasteiger partial charge on any atom is 0.298 e. The number of anilines is 1. The number of nitrogens with two attached hydrogens (primary N) is 1. The van der Waals surface area contributed by atoms with Gasteiger partial charge in [0.05, 0.1) is 0 Å². The van der Waals surface area contributed by atoms with Crippen molar-refractivity contribution >= 4 is 47.8 Å². The van der Waals surface area contributed by atoms with Gasteiger partial charge in [-0.05, 0) is 50.3 Å². The van der Waals surface area contributed by atoms with Gasteiger partial charge >= 0.3 is 0 Å². The highest BCUT2D eigenvalue weighted by molar-refractivity contribution is 5.85. The number of rotatable bonds is 4. The van der Waals surface area contributed by atoms with Crippen molar-refractivity contribution in [3.63, 3.8) is 0 Å². The van der Waals surface area contributed by atoms with Gasteiger partial charge in [-0.25, -0.2) is 0 Å². The van der Waals surface area contributed by atoms with E-state index >= 15 is 0 Å². The van der Waals surface area contributed by atoms with Crippen molar-refractivity contribution in [1.29, 1.82) is 0 Å². The Kier molecular flexibility index (Phi) is 7.77. The zero-order valence-electron chi connectivity index (χ0n) is 15.3. The molecule has 150 valence electrons. The predicted octanol–water partition coefficient (Wildman–Crippen LogP) is 3.13. The first kappa shape index (κ1) is 21.8. The number of para-hydroxylation sites is 2. The largest absolute Gasteiger partial charge is 0.423 e. The molecular weight excluding hydrogens is 387 g/mol. The standard InChI is InChI=1S/C19H26N4O2.2ClH/c20-12-14-4-3-6-15(14)21-18(24)13-8-10-23(11-9-13)19-22-16-5-1-2-7-17(16)25-19;;/h1-2,5,7,13-15H,3-4,6,8-12,20H2,(H,21,24);2*1H. The fraction of sp³-hybridized carbons (Fsp3) is 0.579. The summed E-state index contributed by atoms with van der Waals surface area (Å²) in [6, 6.07) is 8.74. The summed E-state index contributed by atoms with van der Waals surface area (Å²) < 4.78 is 5.84. The lowest BCUT2D eigenvalue weighted by Gasteiger charge is -2.31. The lowest BCUT2D eigenvalue weighted by atomic mass is 9.95. The van der Waals surface area contributed by atoms with Gasteiger partial charge in [-0.2, -0.15) is 4.98 Å². The maximum atomic E-state index is 12.6. The molecule has 2 unspecified atom stereocenters. The minimum absolute atomic E-state index is 0. The number of aromatic nitrogens is 1. The molecule has 1 aromatic carbocycles. The summed E-state index contributed by atoms with van der Waals surface area (Å²) in [4.78, 5) is 19.3. The van der Waals surface area contributed by atoms with Crippen molar-refractivity contribution in [2.75, 3.05) is 24.5 Å². The number of oxazole rings is 1. The highest BCUT2D eigenvalue weighted by Gasteiger charge is 2.32. The summed E-state index contributed by atoms with van der Waals surface area (Å²) in [5, 5.41) is 3.25. The molecule has 6 nitrogen and oxygen atoms in total. The Morgan fingerprint density at radius 1 is 1.19 bits per heavy atom. The lowest BCUT2D eigenvalue weighted by molar-refractivity contribution is -0.126. The maximum absolute atomic E-state index is 12.6. The third-order valence-electron chi connectivity index (χ3n) is 5.71. The predicted molar refractivity (Wildman–Crippen MR) is 112 cm³/mol. The van der Waals surface area contributed by atoms with Gasteiger partial charge in [0.2, 0.25) is 5.91 Å². The molecule has 2 aliphatic rings. The molecule has 0 bridgehead atoms. The molecule has 2 atom stereocenters. The molecule has 1 aromatic heterocycles. The number of hydrogen-bond donors (Lipinski definition) is 2. The van der Waals surface area contributed by atoms with Gasteiger partial charge in [0, 0.05) is 25.0 Å². The molecule has 8 heteroatoms. The molecule has 2 heterocycles. The van der Waals surface area contributed by atoms with Crippen molar-refractivity contribution < 1.29 is 9.21 Å². The van der Waals surface area contributed by atoms with Crippen LogP contribution in [0.4, 0.5) is 6.01 Å². The van der Waals surface area contributed by atoms with Crippen LogP contribution in [0.25, 0.3) is 11.1 Å². The fourth-order valence-corrected chi connectivity index (χ4v) is 4.14. The first-order valence-electron chi connectivity index (χ1n) is 9.35. The van der Waals surface area contributed by atoms with E-state index in [0.29, 0.717) is 18.5 Å². The SMILES string of the molecule is Cl.Cl.NCC1CCCC1NC(=O)C1CCN(c2nc3ccccc3o2)CC1. The highest BCUT2D eigenvalue weighted by Crippen LogP contribution is 2.28. The van der Waals surface area contributed by atoms with E-state index in [1.54, 1.807) is 0 Å². The quantitative estimate of drug-likeness (QED) is 0.802. The normalized spacial score (nSPS) is 22.9. The number of carbonyl (C=O) groups is 1. The summed E-state index contributed by atoms with van der Waals surface area (Å²) in [7, 11) is 0. The number of piperidine rings is 1. The van der Waals surface area contributed by atoms with Crippen LogP contribution in [0.5, 0.6) is 0 Å². The zero-order valence-corrected chi connectivity index (χ0v) is 16.9. The van der Waals surface area contributed by atoms with Crippen molar-refractivity contribution in [2.45, 2.75) is 38.1 Å². The number of carbonyl (C=O) groups excluding carboxylic acids is 1. The molecule has 27 heavy (non-hydrogen) atoms. The van der Waals surface area contributed by atoms with E-state index < -0.39 is 0 Å². The van der Waals surface area contributed by atoms with Gasteiger partial charge in [0.15, 0.2) is 5.58 Å². The topological polar surface area (TPSA) is 84.4 Å². The van der Waals surface area contributed by atoms with Crippen LogP contribution in [0, 0.1) is 11.8 Å². The first-order valence-corrected chi connectivity index (χ1v) is 9.35. The van der Waals surface area contributed by atoms with Crippen LogP contribution >= 0.6 is 24.8 Å². The second-order valence-electron chi connectivity index (χ2n) is 7.27. The molecule has 3 N–H and O–H groups in total. The Morgan fingerprint density at radius 3 is 2.63 bits per heavy atom. The number of fused-ring (bicyclic) bond motifs is 1. The minimum Gasteiger partial charge on any atom is -0.423 e. The van der Waals surface area contributed by atoms with Crippen molar-refractivity contribution in [3.8, 4) is 0 Å². The second kappa shape index (κ2) is 9.62. The van der Waals surface area contributed by atoms with Crippen molar-refractivity contribution in [2.24, 2.45) is 17.6 Å². The van der Waals surface area contributed by atoms with Crippen LogP contribution in [0.3, 0.4) is 0 Å². The Morgan fingerprint density at radius 2 is 1.93 bits per heavy atom. The van der Waals surface area contributed by atoms with Crippen LogP contribution in [-0.2, 0) is 4.79 Å². The van der Waals surface area contributed by atoms with Crippen LogP contribution in [-0.4, -0.2) is 36.6 Å². The van der Waals surface area contributed by atoms with Crippen LogP contribution < -0.4 is 16.0 Å². The summed E-state index contributed by atoms with van der Waals surface area (Å²) in [6.07, 6.45) is 5.05. The average molecular weight is 415 g/mol. The fourth-order valence-electron chi connectivity index (χ4n) is 4.14. The van der Waals surface area contributed by atoms with Crippen LogP contribution in [0.2, 0.25) is 0 Å². The van der Waals surface area contributed by atoms with E-state index in [2.05, 4.69) is 15.2 Å². The molecule has 1 saturated heterocycles. The second-order valence-corrected chi connectivity index (χ2v) is 7.27. The molecule has 1 aliphatic heterocycles. The Hall–Kier alpha value is -1.50. The van der Waals surface area contributed by atoms with E-state index in [4.69, 9.17) is 10.2 Å². The molecule has 2 fully saturated rings. The van der Waals surface area contributed by atoms with Gasteiger partial charge in [-0.3, -0.25) is 4.79 Å². The number of halogens is 2. The smallest absolute Gasteiger partial charge is 0.298 e. The third-order valence-corrected chi connectivity index (χ3v) is 5.71.